The van der Waals surface area contributed by atoms with Gasteiger partial charge in [0.05, 0.1) is 10.6 Å². The average molecular weight is 713 g/mol. The highest BCUT2D eigenvalue weighted by Crippen LogP contribution is 2.45. The number of anilines is 2. The first-order chi connectivity index (χ1) is 25.5. The molecule has 0 radical (unpaired) electrons. The van der Waals surface area contributed by atoms with Crippen molar-refractivity contribution in [1.82, 2.24) is 0 Å². The zero-order valence-corrected chi connectivity index (χ0v) is 30.4. The van der Waals surface area contributed by atoms with Gasteiger partial charge in [-0.15, -0.1) is 0 Å². The standard InChI is InChI=1S/C46H37N2O2PS/c1-33-24-28-39(29-25-33)52(49,50)48-42-23-13-10-16-36(42)32-47-43-30-26-34-14-8-11-21-40(34)45(43)46-41-22-12-9-15-35(41)27-31-44(46)51(37-17-4-2-5-18-37)38-19-6-3-7-20-38/h2-31,47-48H,32H2,1H3. The smallest absolute Gasteiger partial charge is 0.261 e. The summed E-state index contributed by atoms with van der Waals surface area (Å²) in [5.74, 6) is 0. The maximum Gasteiger partial charge on any atom is 0.261 e. The van der Waals surface area contributed by atoms with Crippen molar-refractivity contribution in [3.63, 3.8) is 0 Å². The molecule has 52 heavy (non-hydrogen) atoms. The van der Waals surface area contributed by atoms with Crippen LogP contribution in [0.4, 0.5) is 11.4 Å². The summed E-state index contributed by atoms with van der Waals surface area (Å²) in [5, 5.41) is 12.3. The molecule has 0 bridgehead atoms. The Morgan fingerprint density at radius 1 is 0.500 bits per heavy atom. The second-order valence-electron chi connectivity index (χ2n) is 12.8. The molecule has 0 aromatic heterocycles. The van der Waals surface area contributed by atoms with Crippen LogP contribution in [0.2, 0.25) is 0 Å². The van der Waals surface area contributed by atoms with E-state index < -0.39 is 17.9 Å². The van der Waals surface area contributed by atoms with Crippen molar-refractivity contribution < 1.29 is 8.42 Å². The molecule has 0 aliphatic rings. The molecule has 8 aromatic rings. The van der Waals surface area contributed by atoms with Gasteiger partial charge in [0.1, 0.15) is 0 Å². The van der Waals surface area contributed by atoms with Crippen LogP contribution >= 0.6 is 7.92 Å². The summed E-state index contributed by atoms with van der Waals surface area (Å²) in [6.45, 7) is 2.35. The maximum absolute atomic E-state index is 13.5. The van der Waals surface area contributed by atoms with Gasteiger partial charge in [-0.25, -0.2) is 8.42 Å². The van der Waals surface area contributed by atoms with Gasteiger partial charge in [0, 0.05) is 23.4 Å². The minimum absolute atomic E-state index is 0.231. The predicted octanol–water partition coefficient (Wildman–Crippen LogP) is 10.1. The van der Waals surface area contributed by atoms with E-state index in [1.165, 1.54) is 32.2 Å². The lowest BCUT2D eigenvalue weighted by molar-refractivity contribution is 0.601. The van der Waals surface area contributed by atoms with Gasteiger partial charge < -0.3 is 5.32 Å². The number of hydrogen-bond acceptors (Lipinski definition) is 3. The highest BCUT2D eigenvalue weighted by Gasteiger charge is 2.25. The van der Waals surface area contributed by atoms with Crippen molar-refractivity contribution in [2.75, 3.05) is 10.0 Å². The molecule has 0 atom stereocenters. The number of hydrogen-bond donors (Lipinski definition) is 2. The molecule has 2 N–H and O–H groups in total. The van der Waals surface area contributed by atoms with Crippen LogP contribution in [0.3, 0.4) is 0 Å². The monoisotopic (exact) mass is 712 g/mol. The minimum atomic E-state index is -3.78. The van der Waals surface area contributed by atoms with Crippen LogP contribution in [-0.2, 0) is 16.6 Å². The summed E-state index contributed by atoms with van der Waals surface area (Å²) in [4.78, 5) is 0.231. The van der Waals surface area contributed by atoms with Gasteiger partial charge in [0.15, 0.2) is 0 Å². The Hall–Kier alpha value is -5.74. The number of benzene rings is 8. The van der Waals surface area contributed by atoms with Crippen LogP contribution < -0.4 is 26.0 Å². The van der Waals surface area contributed by atoms with Crippen LogP contribution in [0, 0.1) is 6.92 Å². The maximum atomic E-state index is 13.5. The predicted molar refractivity (Wildman–Crippen MR) is 221 cm³/mol. The van der Waals surface area contributed by atoms with E-state index in [4.69, 9.17) is 0 Å². The molecule has 0 aliphatic heterocycles. The molecule has 0 spiro atoms. The van der Waals surface area contributed by atoms with Gasteiger partial charge in [-0.2, -0.15) is 0 Å². The third-order valence-corrected chi connectivity index (χ3v) is 13.3. The topological polar surface area (TPSA) is 58.2 Å². The van der Waals surface area contributed by atoms with Crippen molar-refractivity contribution in [2.45, 2.75) is 18.4 Å². The van der Waals surface area contributed by atoms with Gasteiger partial charge >= 0.3 is 0 Å². The Morgan fingerprint density at radius 3 is 1.69 bits per heavy atom. The molecule has 8 aromatic carbocycles. The van der Waals surface area contributed by atoms with E-state index in [0.717, 1.165) is 33.2 Å². The molecule has 6 heteroatoms. The fourth-order valence-corrected chi connectivity index (χ4v) is 10.4. The van der Waals surface area contributed by atoms with Crippen molar-refractivity contribution in [1.29, 1.82) is 0 Å². The van der Waals surface area contributed by atoms with Crippen LogP contribution in [0.25, 0.3) is 32.7 Å². The normalized spacial score (nSPS) is 11.6. The number of sulfonamides is 1. The van der Waals surface area contributed by atoms with Gasteiger partial charge in [-0.05, 0) is 82.1 Å². The van der Waals surface area contributed by atoms with Crippen molar-refractivity contribution in [2.24, 2.45) is 0 Å². The van der Waals surface area contributed by atoms with Crippen LogP contribution in [0.5, 0.6) is 0 Å². The fraction of sp³-hybridized carbons (Fsp3) is 0.0435. The molecule has 0 amide bonds. The SMILES string of the molecule is Cc1ccc(S(=O)(=O)Nc2ccccc2CNc2ccc3ccccc3c2-c2c(P(c3ccccc3)c3ccccc3)ccc3ccccc23)cc1. The first-order valence-electron chi connectivity index (χ1n) is 17.3. The molecule has 0 unspecified atom stereocenters. The molecule has 4 nitrogen and oxygen atoms in total. The molecule has 8 rings (SSSR count). The number of aryl methyl sites for hydroxylation is 1. The van der Waals surface area contributed by atoms with Crippen LogP contribution in [-0.4, -0.2) is 8.42 Å². The summed E-state index contributed by atoms with van der Waals surface area (Å²) in [6.07, 6.45) is 0. The largest absolute Gasteiger partial charge is 0.380 e. The van der Waals surface area contributed by atoms with Gasteiger partial charge in [0.25, 0.3) is 10.0 Å². The second kappa shape index (κ2) is 14.5. The Bertz CT molecular complexity index is 2590. The van der Waals surface area contributed by atoms with Crippen LogP contribution in [0.1, 0.15) is 11.1 Å². The molecule has 0 fully saturated rings. The molecular weight excluding hydrogens is 676 g/mol. The first kappa shape index (κ1) is 33.4. The lowest BCUT2D eigenvalue weighted by atomic mass is 9.92. The molecule has 0 aliphatic carbocycles. The van der Waals surface area contributed by atoms with E-state index in [1.807, 2.05) is 43.3 Å². The Kier molecular flexibility index (Phi) is 9.30. The number of para-hydroxylation sites is 1. The van der Waals surface area contributed by atoms with E-state index in [9.17, 15) is 8.42 Å². The van der Waals surface area contributed by atoms with Crippen molar-refractivity contribution in [3.05, 3.63) is 193 Å². The number of nitrogens with one attached hydrogen (secondary N) is 2. The van der Waals surface area contributed by atoms with Crippen molar-refractivity contribution >= 4 is 66.8 Å². The molecule has 254 valence electrons. The quantitative estimate of drug-likeness (QED) is 0.139. The minimum Gasteiger partial charge on any atom is -0.380 e. The van der Waals surface area contributed by atoms with Gasteiger partial charge in [-0.3, -0.25) is 4.72 Å². The third-order valence-electron chi connectivity index (χ3n) is 9.42. The Labute approximate surface area is 306 Å². The Balaban J connectivity index is 1.29. The highest BCUT2D eigenvalue weighted by atomic mass is 32.2. The third kappa shape index (κ3) is 6.69. The second-order valence-corrected chi connectivity index (χ2v) is 16.7. The summed E-state index contributed by atoms with van der Waals surface area (Å²) in [6, 6.07) is 62.2. The van der Waals surface area contributed by atoms with E-state index in [2.05, 4.69) is 143 Å². The van der Waals surface area contributed by atoms with Crippen molar-refractivity contribution in [3.8, 4) is 11.1 Å². The van der Waals surface area contributed by atoms with Gasteiger partial charge in [0.2, 0.25) is 0 Å². The van der Waals surface area contributed by atoms with E-state index in [0.29, 0.717) is 12.2 Å². The van der Waals surface area contributed by atoms with E-state index in [1.54, 1.807) is 12.1 Å². The zero-order chi connectivity index (χ0) is 35.5. The first-order valence-corrected chi connectivity index (χ1v) is 20.1. The van der Waals surface area contributed by atoms with Crippen LogP contribution in [0.15, 0.2) is 187 Å². The average Bonchev–Trinajstić information content (AvgIpc) is 3.18. The number of rotatable bonds is 10. The summed E-state index contributed by atoms with van der Waals surface area (Å²) in [7, 11) is -4.72. The molecule has 0 saturated heterocycles. The molecule has 0 heterocycles. The fourth-order valence-electron chi connectivity index (χ4n) is 6.86. The molecule has 0 saturated carbocycles. The summed E-state index contributed by atoms with van der Waals surface area (Å²) in [5.41, 5.74) is 5.69. The number of fused-ring (bicyclic) bond motifs is 2. The lowest BCUT2D eigenvalue weighted by Crippen LogP contribution is -2.22. The lowest BCUT2D eigenvalue weighted by Gasteiger charge is -2.26. The Morgan fingerprint density at radius 2 is 1.04 bits per heavy atom. The summed E-state index contributed by atoms with van der Waals surface area (Å²) >= 11 is 0. The van der Waals surface area contributed by atoms with E-state index >= 15 is 0 Å². The zero-order valence-electron chi connectivity index (χ0n) is 28.7. The highest BCUT2D eigenvalue weighted by molar-refractivity contribution is 7.92. The van der Waals surface area contributed by atoms with Gasteiger partial charge in [-0.1, -0.05) is 163 Å². The summed E-state index contributed by atoms with van der Waals surface area (Å²) < 4.78 is 29.8. The van der Waals surface area contributed by atoms with E-state index in [-0.39, 0.29) is 4.90 Å². The molecular formula is C46H37N2O2PS.